The van der Waals surface area contributed by atoms with Crippen LogP contribution in [0.15, 0.2) is 0 Å². The van der Waals surface area contributed by atoms with E-state index in [9.17, 15) is 0 Å². The molecule has 2 aliphatic rings. The summed E-state index contributed by atoms with van der Waals surface area (Å²) in [6.07, 6.45) is 9.57. The fourth-order valence-electron chi connectivity index (χ4n) is 3.55. The maximum atomic E-state index is 5.79. The molecule has 4 N–H and O–H groups in total. The number of epoxide rings is 1. The highest BCUT2D eigenvalue weighted by molar-refractivity contribution is 4.91. The Hall–Kier alpha value is -0.120. The average Bonchev–Trinajstić information content (AvgIpc) is 3.03. The molecular weight excluding hydrogens is 200 g/mol. The Morgan fingerprint density at radius 2 is 2.06 bits per heavy atom. The second-order valence-corrected chi connectivity index (χ2v) is 5.74. The smallest absolute Gasteiger partial charge is 0.0815 e. The lowest BCUT2D eigenvalue weighted by atomic mass is 9.65. The van der Waals surface area contributed by atoms with E-state index < -0.39 is 0 Å². The Bertz CT molecular complexity index is 212. The number of hydrogen-bond donors (Lipinski definition) is 2. The van der Waals surface area contributed by atoms with E-state index in [1.54, 1.807) is 0 Å². The minimum atomic E-state index is 0.480. The van der Waals surface area contributed by atoms with Crippen LogP contribution in [0, 0.1) is 11.3 Å². The third-order valence-electron chi connectivity index (χ3n) is 4.35. The van der Waals surface area contributed by atoms with Gasteiger partial charge in [0, 0.05) is 0 Å². The molecule has 1 aliphatic heterocycles. The summed E-state index contributed by atoms with van der Waals surface area (Å²) in [5.74, 6) is 0.837. The molecule has 0 aromatic heterocycles. The van der Waals surface area contributed by atoms with Gasteiger partial charge in [-0.2, -0.15) is 0 Å². The predicted molar refractivity (Wildman–Crippen MR) is 66.1 cm³/mol. The fraction of sp³-hybridized carbons (Fsp3) is 1.00. The SMILES string of the molecule is NCCC1CCCC(CCN)(CC2CO2)C1. The van der Waals surface area contributed by atoms with E-state index in [0.717, 1.165) is 25.6 Å². The summed E-state index contributed by atoms with van der Waals surface area (Å²) in [5.41, 5.74) is 12.0. The monoisotopic (exact) mass is 226 g/mol. The van der Waals surface area contributed by atoms with Gasteiger partial charge in [0.1, 0.15) is 0 Å². The van der Waals surface area contributed by atoms with E-state index in [2.05, 4.69) is 0 Å². The third kappa shape index (κ3) is 3.19. The van der Waals surface area contributed by atoms with Crippen molar-refractivity contribution in [3.05, 3.63) is 0 Å². The summed E-state index contributed by atoms with van der Waals surface area (Å²) in [6.45, 7) is 2.64. The van der Waals surface area contributed by atoms with Crippen molar-refractivity contribution in [1.82, 2.24) is 0 Å². The summed E-state index contributed by atoms with van der Waals surface area (Å²) in [5, 5.41) is 0. The van der Waals surface area contributed by atoms with Crippen molar-refractivity contribution >= 4 is 0 Å². The Balaban J connectivity index is 1.92. The van der Waals surface area contributed by atoms with Crippen molar-refractivity contribution in [3.63, 3.8) is 0 Å². The topological polar surface area (TPSA) is 64.6 Å². The lowest BCUT2D eigenvalue weighted by molar-refractivity contribution is 0.102. The molecule has 94 valence electrons. The molecule has 3 heteroatoms. The molecule has 0 spiro atoms. The van der Waals surface area contributed by atoms with Crippen LogP contribution < -0.4 is 11.5 Å². The average molecular weight is 226 g/mol. The molecule has 1 saturated carbocycles. The molecule has 3 atom stereocenters. The van der Waals surface area contributed by atoms with Gasteiger partial charge in [-0.15, -0.1) is 0 Å². The summed E-state index contributed by atoms with van der Waals surface area (Å²) in [4.78, 5) is 0. The van der Waals surface area contributed by atoms with Crippen LogP contribution in [0.4, 0.5) is 0 Å². The van der Waals surface area contributed by atoms with Gasteiger partial charge in [0.05, 0.1) is 12.7 Å². The van der Waals surface area contributed by atoms with Gasteiger partial charge in [-0.25, -0.2) is 0 Å². The van der Waals surface area contributed by atoms with Crippen LogP contribution in [0.1, 0.15) is 44.9 Å². The predicted octanol–water partition coefficient (Wildman–Crippen LogP) is 1.65. The van der Waals surface area contributed by atoms with Gasteiger partial charge < -0.3 is 16.2 Å². The largest absolute Gasteiger partial charge is 0.373 e. The number of hydrogen-bond acceptors (Lipinski definition) is 3. The Morgan fingerprint density at radius 3 is 2.69 bits per heavy atom. The van der Waals surface area contributed by atoms with Crippen molar-refractivity contribution < 1.29 is 4.74 Å². The van der Waals surface area contributed by atoms with Crippen molar-refractivity contribution in [2.45, 2.75) is 51.0 Å². The van der Waals surface area contributed by atoms with Gasteiger partial charge >= 0.3 is 0 Å². The Morgan fingerprint density at radius 1 is 1.25 bits per heavy atom. The van der Waals surface area contributed by atoms with E-state index in [1.165, 1.54) is 44.9 Å². The zero-order chi connectivity index (χ0) is 11.4. The first-order chi connectivity index (χ1) is 7.78. The molecule has 1 aliphatic carbocycles. The molecule has 2 rings (SSSR count). The molecule has 0 aromatic rings. The first-order valence-electron chi connectivity index (χ1n) is 6.80. The van der Waals surface area contributed by atoms with Crippen LogP contribution in [0.3, 0.4) is 0 Å². The number of rotatable bonds is 6. The number of nitrogens with two attached hydrogens (primary N) is 2. The van der Waals surface area contributed by atoms with E-state index in [0.29, 0.717) is 11.5 Å². The standard InChI is InChI=1S/C13H26N2O/c14-6-3-11-2-1-4-13(8-11,5-7-15)9-12-10-16-12/h11-12H,1-10,14-15H2. The van der Waals surface area contributed by atoms with Crippen LogP contribution in [0.25, 0.3) is 0 Å². The Labute approximate surface area is 98.9 Å². The van der Waals surface area contributed by atoms with Gasteiger partial charge in [0.25, 0.3) is 0 Å². The second-order valence-electron chi connectivity index (χ2n) is 5.74. The zero-order valence-electron chi connectivity index (χ0n) is 10.3. The highest BCUT2D eigenvalue weighted by Gasteiger charge is 2.40. The quantitative estimate of drug-likeness (QED) is 0.677. The van der Waals surface area contributed by atoms with E-state index >= 15 is 0 Å². The first-order valence-corrected chi connectivity index (χ1v) is 6.80. The summed E-state index contributed by atoms with van der Waals surface area (Å²) in [7, 11) is 0. The summed E-state index contributed by atoms with van der Waals surface area (Å²) >= 11 is 0. The van der Waals surface area contributed by atoms with Gasteiger partial charge in [-0.05, 0) is 56.5 Å². The van der Waals surface area contributed by atoms with Gasteiger partial charge in [0.15, 0.2) is 0 Å². The lowest BCUT2D eigenvalue weighted by Gasteiger charge is -2.41. The fourth-order valence-corrected chi connectivity index (χ4v) is 3.55. The molecule has 0 amide bonds. The van der Waals surface area contributed by atoms with Gasteiger partial charge in [-0.3, -0.25) is 0 Å². The second kappa shape index (κ2) is 5.48. The van der Waals surface area contributed by atoms with Crippen molar-refractivity contribution in [3.8, 4) is 0 Å². The molecule has 3 nitrogen and oxygen atoms in total. The summed E-state index contributed by atoms with van der Waals surface area (Å²) < 4.78 is 5.41. The minimum absolute atomic E-state index is 0.480. The maximum absolute atomic E-state index is 5.79. The van der Waals surface area contributed by atoms with Crippen LogP contribution in [0.2, 0.25) is 0 Å². The molecule has 16 heavy (non-hydrogen) atoms. The van der Waals surface area contributed by atoms with E-state index in [1.807, 2.05) is 0 Å². The molecular formula is C13H26N2O. The molecule has 1 heterocycles. The summed E-state index contributed by atoms with van der Waals surface area (Å²) in [6, 6.07) is 0. The van der Waals surface area contributed by atoms with Crippen LogP contribution >= 0.6 is 0 Å². The van der Waals surface area contributed by atoms with Crippen LogP contribution in [-0.2, 0) is 4.74 Å². The van der Waals surface area contributed by atoms with Crippen LogP contribution in [0.5, 0.6) is 0 Å². The first kappa shape index (κ1) is 12.3. The minimum Gasteiger partial charge on any atom is -0.373 e. The molecule has 0 radical (unpaired) electrons. The van der Waals surface area contributed by atoms with Gasteiger partial charge in [0.2, 0.25) is 0 Å². The molecule has 0 aromatic carbocycles. The molecule has 0 bridgehead atoms. The third-order valence-corrected chi connectivity index (χ3v) is 4.35. The van der Waals surface area contributed by atoms with E-state index in [-0.39, 0.29) is 0 Å². The molecule has 1 saturated heterocycles. The van der Waals surface area contributed by atoms with Crippen molar-refractivity contribution in [2.75, 3.05) is 19.7 Å². The zero-order valence-corrected chi connectivity index (χ0v) is 10.3. The van der Waals surface area contributed by atoms with Gasteiger partial charge in [-0.1, -0.05) is 12.8 Å². The molecule has 3 unspecified atom stereocenters. The van der Waals surface area contributed by atoms with Crippen molar-refractivity contribution in [2.24, 2.45) is 22.8 Å². The number of ether oxygens (including phenoxy) is 1. The van der Waals surface area contributed by atoms with Crippen LogP contribution in [-0.4, -0.2) is 25.8 Å². The maximum Gasteiger partial charge on any atom is 0.0815 e. The molecule has 2 fully saturated rings. The normalized spacial score (nSPS) is 38.6. The lowest BCUT2D eigenvalue weighted by Crippen LogP contribution is -2.33. The Kier molecular flexibility index (Phi) is 4.22. The van der Waals surface area contributed by atoms with E-state index in [4.69, 9.17) is 16.2 Å². The van der Waals surface area contributed by atoms with Crippen molar-refractivity contribution in [1.29, 1.82) is 0 Å². The highest BCUT2D eigenvalue weighted by Crippen LogP contribution is 2.47. The highest BCUT2D eigenvalue weighted by atomic mass is 16.6.